The first kappa shape index (κ1) is 33.3. The molecule has 2 fully saturated rings. The average molecular weight is 675 g/mol. The molecule has 0 aliphatic carbocycles. The van der Waals surface area contributed by atoms with Crippen molar-refractivity contribution in [1.82, 2.24) is 19.4 Å². The Labute approximate surface area is 262 Å². The highest BCUT2D eigenvalue weighted by atomic mass is 35.5. The standard InChI is InChI=1S/C29H32ClF5N6O3S/c1-40-24(13-25(39-40)29(33,34)35)26(16-7-10-20(30)22(32)12-16)27(36)28(42)38-23-6-2-5-21(31)19(23)9-8-18-14-37-17-4-3-11-45(43,44)41(18)15-17/h2,5-7,10,12-13,17-18,26-27,37H,3-4,8-9,11,14-15,36H2,1H3,(H,38,42)/t17-,18+,26?,27?/m1/s1. The Balaban J connectivity index is 1.41. The summed E-state index contributed by atoms with van der Waals surface area (Å²) in [5.74, 6) is -3.65. The molecule has 45 heavy (non-hydrogen) atoms. The van der Waals surface area contributed by atoms with Crippen LogP contribution in [0.3, 0.4) is 0 Å². The van der Waals surface area contributed by atoms with Gasteiger partial charge in [-0.3, -0.25) is 9.48 Å². The molecule has 5 rings (SSSR count). The summed E-state index contributed by atoms with van der Waals surface area (Å²) in [4.78, 5) is 13.6. The van der Waals surface area contributed by atoms with Crippen LogP contribution in [0.1, 0.15) is 47.7 Å². The van der Waals surface area contributed by atoms with E-state index in [0.717, 1.165) is 23.2 Å². The summed E-state index contributed by atoms with van der Waals surface area (Å²) >= 11 is 5.82. The van der Waals surface area contributed by atoms with Gasteiger partial charge in [0.2, 0.25) is 15.9 Å². The van der Waals surface area contributed by atoms with Crippen molar-refractivity contribution in [1.29, 1.82) is 0 Å². The largest absolute Gasteiger partial charge is 0.435 e. The normalized spacial score (nSPS) is 22.8. The van der Waals surface area contributed by atoms with Gasteiger partial charge in [0.15, 0.2) is 5.69 Å². The van der Waals surface area contributed by atoms with Gasteiger partial charge in [0, 0.05) is 49.2 Å². The lowest BCUT2D eigenvalue weighted by Gasteiger charge is -2.37. The lowest BCUT2D eigenvalue weighted by Crippen LogP contribution is -2.57. The molecule has 2 aliphatic rings. The number of piperazine rings is 1. The number of hydrogen-bond acceptors (Lipinski definition) is 6. The van der Waals surface area contributed by atoms with Crippen molar-refractivity contribution < 1.29 is 35.2 Å². The number of halogens is 6. The number of alkyl halides is 3. The summed E-state index contributed by atoms with van der Waals surface area (Å²) < 4.78 is 98.2. The van der Waals surface area contributed by atoms with Crippen LogP contribution < -0.4 is 16.4 Å². The Morgan fingerprint density at radius 3 is 2.64 bits per heavy atom. The van der Waals surface area contributed by atoms with Gasteiger partial charge in [0.25, 0.3) is 0 Å². The second-order valence-corrected chi connectivity index (χ2v) is 13.8. The molecule has 1 aromatic heterocycles. The van der Waals surface area contributed by atoms with Gasteiger partial charge in [-0.05, 0) is 61.6 Å². The number of sulfonamides is 1. The topological polar surface area (TPSA) is 122 Å². The molecule has 0 saturated carbocycles. The highest BCUT2D eigenvalue weighted by Crippen LogP contribution is 2.35. The average Bonchev–Trinajstić information content (AvgIpc) is 3.31. The van der Waals surface area contributed by atoms with E-state index in [-0.39, 0.29) is 52.2 Å². The number of hydrogen-bond donors (Lipinski definition) is 3. The Hall–Kier alpha value is -3.11. The fourth-order valence-corrected chi connectivity index (χ4v) is 7.96. The zero-order valence-electron chi connectivity index (χ0n) is 24.1. The Morgan fingerprint density at radius 1 is 1.20 bits per heavy atom. The molecular weight excluding hydrogens is 643 g/mol. The quantitative estimate of drug-likeness (QED) is 0.309. The highest BCUT2D eigenvalue weighted by Gasteiger charge is 2.39. The number of amides is 1. The molecule has 1 amide bonds. The van der Waals surface area contributed by atoms with Gasteiger partial charge in [0.05, 0.1) is 22.7 Å². The van der Waals surface area contributed by atoms with Crippen LogP contribution in [0.5, 0.6) is 0 Å². The van der Waals surface area contributed by atoms with Crippen LogP contribution in [0.25, 0.3) is 0 Å². The number of nitrogens with one attached hydrogen (secondary N) is 2. The Bertz CT molecular complexity index is 1680. The number of aromatic nitrogens is 2. The fraction of sp³-hybridized carbons (Fsp3) is 0.448. The number of nitrogens with zero attached hydrogens (tertiary/aromatic N) is 3. The first-order valence-electron chi connectivity index (χ1n) is 14.3. The summed E-state index contributed by atoms with van der Waals surface area (Å²) in [7, 11) is -2.23. The van der Waals surface area contributed by atoms with E-state index in [1.165, 1.54) is 41.7 Å². The van der Waals surface area contributed by atoms with Gasteiger partial charge in [-0.2, -0.15) is 22.6 Å². The zero-order chi connectivity index (χ0) is 32.7. The van der Waals surface area contributed by atoms with Crippen LogP contribution in [0.2, 0.25) is 5.02 Å². The molecule has 3 heterocycles. The molecule has 2 aliphatic heterocycles. The van der Waals surface area contributed by atoms with E-state index in [1.807, 2.05) is 0 Å². The van der Waals surface area contributed by atoms with E-state index in [9.17, 15) is 30.8 Å². The number of nitrogens with two attached hydrogens (primary N) is 1. The van der Waals surface area contributed by atoms with Crippen LogP contribution in [-0.4, -0.2) is 65.4 Å². The van der Waals surface area contributed by atoms with Crippen LogP contribution in [0, 0.1) is 11.6 Å². The predicted molar refractivity (Wildman–Crippen MR) is 158 cm³/mol. The second kappa shape index (κ2) is 12.9. The minimum absolute atomic E-state index is 0.0421. The minimum Gasteiger partial charge on any atom is -0.324 e. The highest BCUT2D eigenvalue weighted by molar-refractivity contribution is 7.89. The molecule has 0 radical (unpaired) electrons. The molecule has 3 unspecified atom stereocenters. The van der Waals surface area contributed by atoms with Crippen LogP contribution in [0.4, 0.5) is 27.6 Å². The number of rotatable bonds is 8. The fourth-order valence-electron chi connectivity index (χ4n) is 6.03. The first-order valence-corrected chi connectivity index (χ1v) is 16.3. The van der Waals surface area contributed by atoms with Gasteiger partial charge in [-0.25, -0.2) is 17.2 Å². The number of carbonyl (C=O) groups excluding carboxylic acids is 1. The van der Waals surface area contributed by atoms with Crippen molar-refractivity contribution in [3.63, 3.8) is 0 Å². The summed E-state index contributed by atoms with van der Waals surface area (Å²) in [5, 5.41) is 9.22. The lowest BCUT2D eigenvalue weighted by atomic mass is 9.87. The molecular formula is C29H32ClF5N6O3S. The maximum absolute atomic E-state index is 15.2. The van der Waals surface area contributed by atoms with E-state index in [0.29, 0.717) is 19.5 Å². The molecule has 2 bridgehead atoms. The molecule has 16 heteroatoms. The number of anilines is 1. The van der Waals surface area contributed by atoms with Crippen molar-refractivity contribution >= 4 is 33.2 Å². The van der Waals surface area contributed by atoms with Gasteiger partial charge >= 0.3 is 6.18 Å². The van der Waals surface area contributed by atoms with Crippen LogP contribution >= 0.6 is 11.6 Å². The summed E-state index contributed by atoms with van der Waals surface area (Å²) in [5.41, 5.74) is 5.26. The van der Waals surface area contributed by atoms with E-state index in [2.05, 4.69) is 15.7 Å². The Kier molecular flexibility index (Phi) is 9.57. The van der Waals surface area contributed by atoms with Crippen molar-refractivity contribution in [2.24, 2.45) is 12.8 Å². The van der Waals surface area contributed by atoms with Crippen molar-refractivity contribution in [2.75, 3.05) is 24.2 Å². The van der Waals surface area contributed by atoms with E-state index >= 15 is 4.39 Å². The number of benzene rings is 2. The molecule has 2 aromatic carbocycles. The SMILES string of the molecule is Cn1nc(C(F)(F)F)cc1C(c1ccc(Cl)c(F)c1)C(N)C(=O)Nc1cccc(F)c1CC[C@H]1CN[C@@H]2CCCS(=O)(=O)N1C2. The molecule has 4 N–H and O–H groups in total. The van der Waals surface area contributed by atoms with Gasteiger partial charge in [-0.15, -0.1) is 0 Å². The molecule has 2 saturated heterocycles. The minimum atomic E-state index is -4.80. The smallest absolute Gasteiger partial charge is 0.324 e. The van der Waals surface area contributed by atoms with E-state index in [4.69, 9.17) is 17.3 Å². The summed E-state index contributed by atoms with van der Waals surface area (Å²) in [6.45, 7) is 0.730. The van der Waals surface area contributed by atoms with Crippen molar-refractivity contribution in [2.45, 2.75) is 55.9 Å². The van der Waals surface area contributed by atoms with E-state index in [1.54, 1.807) is 0 Å². The monoisotopic (exact) mass is 674 g/mol. The summed E-state index contributed by atoms with van der Waals surface area (Å²) in [6.07, 6.45) is -3.17. The van der Waals surface area contributed by atoms with Gasteiger partial charge in [-0.1, -0.05) is 23.7 Å². The molecule has 3 aromatic rings. The zero-order valence-corrected chi connectivity index (χ0v) is 25.7. The number of aryl methyl sites for hydroxylation is 1. The molecule has 5 atom stereocenters. The second-order valence-electron chi connectivity index (χ2n) is 11.3. The number of fused-ring (bicyclic) bond motifs is 2. The third-order valence-electron chi connectivity index (χ3n) is 8.36. The van der Waals surface area contributed by atoms with Crippen molar-refractivity contribution in [3.05, 3.63) is 81.6 Å². The predicted octanol–water partition coefficient (Wildman–Crippen LogP) is 4.17. The van der Waals surface area contributed by atoms with Gasteiger partial charge < -0.3 is 16.4 Å². The molecule has 9 nitrogen and oxygen atoms in total. The van der Waals surface area contributed by atoms with Crippen LogP contribution in [-0.2, 0) is 34.5 Å². The van der Waals surface area contributed by atoms with E-state index < -0.39 is 57.4 Å². The molecule has 0 spiro atoms. The maximum atomic E-state index is 15.2. The van der Waals surface area contributed by atoms with Gasteiger partial charge in [0.1, 0.15) is 11.6 Å². The molecule has 244 valence electrons. The van der Waals surface area contributed by atoms with Crippen molar-refractivity contribution in [3.8, 4) is 0 Å². The Morgan fingerprint density at radius 2 is 1.96 bits per heavy atom. The maximum Gasteiger partial charge on any atom is 0.435 e. The lowest BCUT2D eigenvalue weighted by molar-refractivity contribution is -0.141. The third kappa shape index (κ3) is 7.17. The third-order valence-corrected chi connectivity index (χ3v) is 10.6. The summed E-state index contributed by atoms with van der Waals surface area (Å²) in [6, 6.07) is 6.32. The van der Waals surface area contributed by atoms with Crippen LogP contribution in [0.15, 0.2) is 42.5 Å². The first-order chi connectivity index (χ1) is 21.2. The number of carbonyl (C=O) groups is 1.